The molecule has 1 N–H and O–H groups in total. The number of nitrogens with zero attached hydrogens (tertiary/aromatic N) is 1. The summed E-state index contributed by atoms with van der Waals surface area (Å²) >= 11 is 0. The summed E-state index contributed by atoms with van der Waals surface area (Å²) in [4.78, 5) is 13.3. The average Bonchev–Trinajstić information content (AvgIpc) is 3.02. The van der Waals surface area contributed by atoms with Gasteiger partial charge in [0.15, 0.2) is 11.5 Å². The van der Waals surface area contributed by atoms with Crippen molar-refractivity contribution in [2.24, 2.45) is 5.92 Å². The molecule has 0 unspecified atom stereocenters. The van der Waals surface area contributed by atoms with Crippen LogP contribution in [0.4, 0.5) is 0 Å². The van der Waals surface area contributed by atoms with Crippen molar-refractivity contribution in [2.45, 2.75) is 58.0 Å². The van der Waals surface area contributed by atoms with Crippen LogP contribution < -0.4 is 9.47 Å². The molecule has 1 saturated carbocycles. The van der Waals surface area contributed by atoms with E-state index < -0.39 is 5.97 Å². The lowest BCUT2D eigenvalue weighted by Gasteiger charge is -2.36. The highest BCUT2D eigenvalue weighted by atomic mass is 16.7. The van der Waals surface area contributed by atoms with E-state index in [0.717, 1.165) is 30.5 Å². The second kappa shape index (κ2) is 7.88. The van der Waals surface area contributed by atoms with Crippen molar-refractivity contribution in [2.75, 3.05) is 13.3 Å². The molecule has 5 nitrogen and oxygen atoms in total. The van der Waals surface area contributed by atoms with E-state index in [2.05, 4.69) is 24.0 Å². The molecule has 1 aromatic rings. The van der Waals surface area contributed by atoms with E-state index in [0.29, 0.717) is 19.3 Å². The summed E-state index contributed by atoms with van der Waals surface area (Å²) in [5.74, 6) is 1.72. The molecule has 2 aliphatic rings. The van der Waals surface area contributed by atoms with Gasteiger partial charge in [-0.2, -0.15) is 0 Å². The zero-order chi connectivity index (χ0) is 16.9. The van der Waals surface area contributed by atoms with E-state index >= 15 is 0 Å². The van der Waals surface area contributed by atoms with Crippen LogP contribution in [0.25, 0.3) is 0 Å². The van der Waals surface area contributed by atoms with Gasteiger partial charge in [-0.1, -0.05) is 13.0 Å². The van der Waals surface area contributed by atoms with E-state index in [-0.39, 0.29) is 6.42 Å². The highest BCUT2D eigenvalue weighted by Crippen LogP contribution is 2.34. The molecule has 0 radical (unpaired) electrons. The van der Waals surface area contributed by atoms with E-state index in [1.165, 1.54) is 31.2 Å². The van der Waals surface area contributed by atoms with Gasteiger partial charge in [-0.05, 0) is 62.3 Å². The van der Waals surface area contributed by atoms with Crippen LogP contribution in [0.2, 0.25) is 0 Å². The number of hydrogen-bond acceptors (Lipinski definition) is 4. The fourth-order valence-corrected chi connectivity index (χ4v) is 3.71. The monoisotopic (exact) mass is 333 g/mol. The van der Waals surface area contributed by atoms with Crippen molar-refractivity contribution in [3.63, 3.8) is 0 Å². The number of hydrogen-bond donors (Lipinski definition) is 1. The minimum atomic E-state index is -0.713. The van der Waals surface area contributed by atoms with Gasteiger partial charge in [0.1, 0.15) is 0 Å². The largest absolute Gasteiger partial charge is 0.481 e. The number of carboxylic acid groups (broad SMARTS) is 1. The topological polar surface area (TPSA) is 59.0 Å². The van der Waals surface area contributed by atoms with Crippen LogP contribution in [0.1, 0.15) is 51.0 Å². The summed E-state index contributed by atoms with van der Waals surface area (Å²) in [6.45, 7) is 4.29. The van der Waals surface area contributed by atoms with Crippen LogP contribution in [0.3, 0.4) is 0 Å². The van der Waals surface area contributed by atoms with Gasteiger partial charge < -0.3 is 14.6 Å². The normalized spacial score (nSPS) is 22.8. The fraction of sp³-hybridized carbons (Fsp3) is 0.632. The molecule has 24 heavy (non-hydrogen) atoms. The molecular weight excluding hydrogens is 306 g/mol. The Kier molecular flexibility index (Phi) is 5.61. The molecule has 0 atom stereocenters. The van der Waals surface area contributed by atoms with Crippen molar-refractivity contribution in [1.82, 2.24) is 4.90 Å². The summed E-state index contributed by atoms with van der Waals surface area (Å²) in [6.07, 6.45) is 5.88. The fourth-order valence-electron chi connectivity index (χ4n) is 3.71. The Morgan fingerprint density at radius 3 is 2.71 bits per heavy atom. The third-order valence-corrected chi connectivity index (χ3v) is 5.16. The molecular formula is C19H27NO4. The number of ether oxygens (including phenoxy) is 2. The zero-order valence-corrected chi connectivity index (χ0v) is 14.4. The van der Waals surface area contributed by atoms with Crippen LogP contribution in [0, 0.1) is 5.92 Å². The Labute approximate surface area is 143 Å². The average molecular weight is 333 g/mol. The summed E-state index contributed by atoms with van der Waals surface area (Å²) in [6, 6.07) is 6.66. The van der Waals surface area contributed by atoms with Crippen molar-refractivity contribution in [1.29, 1.82) is 0 Å². The minimum Gasteiger partial charge on any atom is -0.481 e. The van der Waals surface area contributed by atoms with Crippen molar-refractivity contribution in [3.05, 3.63) is 23.8 Å². The van der Waals surface area contributed by atoms with Crippen LogP contribution in [-0.4, -0.2) is 35.4 Å². The Morgan fingerprint density at radius 1 is 1.21 bits per heavy atom. The van der Waals surface area contributed by atoms with Crippen LogP contribution in [-0.2, 0) is 11.3 Å². The third-order valence-electron chi connectivity index (χ3n) is 5.16. The van der Waals surface area contributed by atoms with Gasteiger partial charge in [-0.15, -0.1) is 0 Å². The molecule has 132 valence electrons. The van der Waals surface area contributed by atoms with E-state index in [9.17, 15) is 4.79 Å². The lowest BCUT2D eigenvalue weighted by atomic mass is 9.86. The SMILES string of the molecule is CC1CCC(N(CCCC(=O)O)Cc2ccc3c(c2)OCO3)CC1. The van der Waals surface area contributed by atoms with Crippen molar-refractivity contribution >= 4 is 5.97 Å². The Morgan fingerprint density at radius 2 is 1.96 bits per heavy atom. The smallest absolute Gasteiger partial charge is 0.303 e. The Balaban J connectivity index is 1.65. The maximum atomic E-state index is 10.8. The van der Waals surface area contributed by atoms with E-state index in [1.807, 2.05) is 6.07 Å². The van der Waals surface area contributed by atoms with Gasteiger partial charge >= 0.3 is 5.97 Å². The predicted octanol–water partition coefficient (Wildman–Crippen LogP) is 3.66. The van der Waals surface area contributed by atoms with Crippen LogP contribution in [0.15, 0.2) is 18.2 Å². The maximum absolute atomic E-state index is 10.8. The molecule has 1 aliphatic heterocycles. The number of rotatable bonds is 7. The molecule has 0 spiro atoms. The molecule has 0 amide bonds. The Hall–Kier alpha value is -1.75. The number of fused-ring (bicyclic) bond motifs is 1. The number of carboxylic acids is 1. The van der Waals surface area contributed by atoms with Crippen LogP contribution >= 0.6 is 0 Å². The quantitative estimate of drug-likeness (QED) is 0.825. The maximum Gasteiger partial charge on any atom is 0.303 e. The highest BCUT2D eigenvalue weighted by molar-refractivity contribution is 5.66. The first-order valence-corrected chi connectivity index (χ1v) is 8.96. The van der Waals surface area contributed by atoms with E-state index in [1.54, 1.807) is 0 Å². The van der Waals surface area contributed by atoms with Gasteiger partial charge in [0.25, 0.3) is 0 Å². The summed E-state index contributed by atoms with van der Waals surface area (Å²) < 4.78 is 10.9. The zero-order valence-electron chi connectivity index (χ0n) is 14.4. The summed E-state index contributed by atoms with van der Waals surface area (Å²) in [7, 11) is 0. The van der Waals surface area contributed by atoms with Gasteiger partial charge in [-0.25, -0.2) is 0 Å². The predicted molar refractivity (Wildman–Crippen MR) is 91.3 cm³/mol. The van der Waals surface area contributed by atoms with E-state index in [4.69, 9.17) is 14.6 Å². The standard InChI is InChI=1S/C19H27NO4/c1-14-4-7-16(8-5-14)20(10-2-3-19(21)22)12-15-6-9-17-18(11-15)24-13-23-17/h6,9,11,14,16H,2-5,7-8,10,12-13H2,1H3,(H,21,22). The molecule has 1 heterocycles. The van der Waals surface area contributed by atoms with Crippen molar-refractivity contribution in [3.8, 4) is 11.5 Å². The first-order chi connectivity index (χ1) is 11.6. The molecule has 0 bridgehead atoms. The first kappa shape index (κ1) is 17.1. The van der Waals surface area contributed by atoms with Gasteiger partial charge in [0.2, 0.25) is 6.79 Å². The highest BCUT2D eigenvalue weighted by Gasteiger charge is 2.24. The second-order valence-corrected chi connectivity index (χ2v) is 7.07. The van der Waals surface area contributed by atoms with Gasteiger partial charge in [0, 0.05) is 19.0 Å². The van der Waals surface area contributed by atoms with Gasteiger partial charge in [-0.3, -0.25) is 9.69 Å². The lowest BCUT2D eigenvalue weighted by molar-refractivity contribution is -0.137. The Bertz CT molecular complexity index is 566. The number of benzene rings is 1. The molecule has 3 rings (SSSR count). The molecule has 1 aromatic carbocycles. The molecule has 5 heteroatoms. The van der Waals surface area contributed by atoms with Crippen molar-refractivity contribution < 1.29 is 19.4 Å². The summed E-state index contributed by atoms with van der Waals surface area (Å²) in [5, 5.41) is 8.92. The van der Waals surface area contributed by atoms with Gasteiger partial charge in [0.05, 0.1) is 0 Å². The molecule has 1 aliphatic carbocycles. The first-order valence-electron chi connectivity index (χ1n) is 8.96. The summed E-state index contributed by atoms with van der Waals surface area (Å²) in [5.41, 5.74) is 1.20. The second-order valence-electron chi connectivity index (χ2n) is 7.07. The number of aliphatic carboxylic acids is 1. The number of carbonyl (C=O) groups is 1. The third kappa shape index (κ3) is 4.41. The molecule has 1 fully saturated rings. The molecule has 0 saturated heterocycles. The lowest BCUT2D eigenvalue weighted by Crippen LogP contribution is -2.38. The molecule has 0 aromatic heterocycles. The minimum absolute atomic E-state index is 0.237. The van der Waals surface area contributed by atoms with Crippen LogP contribution in [0.5, 0.6) is 11.5 Å².